The quantitative estimate of drug-likeness (QED) is 0.411. The number of nitrogens with one attached hydrogen (secondary N) is 2. The molecule has 0 fully saturated rings. The van der Waals surface area contributed by atoms with Crippen LogP contribution in [0.4, 0.5) is 5.95 Å². The van der Waals surface area contributed by atoms with Crippen molar-refractivity contribution in [1.29, 1.82) is 0 Å². The molecule has 0 unspecified atom stereocenters. The number of nitrogens with zero attached hydrogens (tertiary/aromatic N) is 4. The standard InChI is InChI=1S/C20H21N7O2/c1-13(28)23-9-8-22-12-14-5-2-3-6-15(14)16-11-18-25-19(17-7-4-10-29-17)26-27(18)20(21)24-16/h2-7,10-11,22H,8-9,12H2,1H3,(H2,21,24)(H,23,28). The molecule has 29 heavy (non-hydrogen) atoms. The second-order valence-electron chi connectivity index (χ2n) is 6.50. The number of carbonyl (C=O) groups is 1. The highest BCUT2D eigenvalue weighted by Crippen LogP contribution is 2.25. The fourth-order valence-corrected chi connectivity index (χ4v) is 3.03. The third-order valence-corrected chi connectivity index (χ3v) is 4.38. The van der Waals surface area contributed by atoms with Crippen molar-refractivity contribution >= 4 is 17.5 Å². The van der Waals surface area contributed by atoms with Gasteiger partial charge < -0.3 is 20.8 Å². The smallest absolute Gasteiger partial charge is 0.223 e. The first kappa shape index (κ1) is 18.6. The summed E-state index contributed by atoms with van der Waals surface area (Å²) in [6.07, 6.45) is 1.57. The molecule has 0 aliphatic carbocycles. The van der Waals surface area contributed by atoms with Crippen LogP contribution in [-0.2, 0) is 11.3 Å². The van der Waals surface area contributed by atoms with Crippen molar-refractivity contribution in [2.45, 2.75) is 13.5 Å². The molecule has 4 N–H and O–H groups in total. The molecule has 3 heterocycles. The molecule has 1 aromatic carbocycles. The third-order valence-electron chi connectivity index (χ3n) is 4.38. The van der Waals surface area contributed by atoms with Crippen LogP contribution in [0.2, 0.25) is 0 Å². The van der Waals surface area contributed by atoms with Gasteiger partial charge in [-0.1, -0.05) is 24.3 Å². The molecule has 1 amide bonds. The number of furan rings is 1. The van der Waals surface area contributed by atoms with E-state index in [9.17, 15) is 4.79 Å². The highest BCUT2D eigenvalue weighted by molar-refractivity contribution is 5.72. The van der Waals surface area contributed by atoms with E-state index in [2.05, 4.69) is 25.7 Å². The van der Waals surface area contributed by atoms with Crippen molar-refractivity contribution in [3.05, 3.63) is 54.3 Å². The van der Waals surface area contributed by atoms with Gasteiger partial charge in [0.25, 0.3) is 0 Å². The van der Waals surface area contributed by atoms with Crippen molar-refractivity contribution in [2.24, 2.45) is 0 Å². The summed E-state index contributed by atoms with van der Waals surface area (Å²) < 4.78 is 6.86. The van der Waals surface area contributed by atoms with Gasteiger partial charge in [-0.2, -0.15) is 4.52 Å². The zero-order valence-electron chi connectivity index (χ0n) is 15.9. The first-order valence-corrected chi connectivity index (χ1v) is 9.22. The largest absolute Gasteiger partial charge is 0.461 e. The van der Waals surface area contributed by atoms with Gasteiger partial charge >= 0.3 is 0 Å². The molecule has 0 radical (unpaired) electrons. The van der Waals surface area contributed by atoms with Crippen LogP contribution in [0.3, 0.4) is 0 Å². The van der Waals surface area contributed by atoms with Crippen molar-refractivity contribution in [3.8, 4) is 22.8 Å². The number of amides is 1. The molecule has 4 aromatic rings. The van der Waals surface area contributed by atoms with Crippen LogP contribution in [0.5, 0.6) is 0 Å². The topological polar surface area (TPSA) is 123 Å². The summed E-state index contributed by atoms with van der Waals surface area (Å²) in [4.78, 5) is 20.0. The number of benzene rings is 1. The Morgan fingerprint density at radius 1 is 1.17 bits per heavy atom. The van der Waals surface area contributed by atoms with Crippen molar-refractivity contribution < 1.29 is 9.21 Å². The maximum absolute atomic E-state index is 11.0. The van der Waals surface area contributed by atoms with E-state index >= 15 is 0 Å². The van der Waals surface area contributed by atoms with Gasteiger partial charge in [-0.15, -0.1) is 5.10 Å². The molecule has 0 spiro atoms. The second kappa shape index (κ2) is 8.11. The molecule has 0 saturated carbocycles. The Morgan fingerprint density at radius 2 is 2.03 bits per heavy atom. The summed E-state index contributed by atoms with van der Waals surface area (Å²) in [7, 11) is 0. The van der Waals surface area contributed by atoms with Gasteiger partial charge in [-0.3, -0.25) is 4.79 Å². The zero-order chi connectivity index (χ0) is 20.2. The molecule has 9 heteroatoms. The molecular weight excluding hydrogens is 370 g/mol. The number of fused-ring (bicyclic) bond motifs is 1. The molecule has 0 bridgehead atoms. The lowest BCUT2D eigenvalue weighted by atomic mass is 10.0. The Balaban J connectivity index is 1.60. The number of aromatic nitrogens is 4. The Hall–Kier alpha value is -3.72. The van der Waals surface area contributed by atoms with Gasteiger partial charge in [-0.25, -0.2) is 9.97 Å². The molecule has 0 atom stereocenters. The minimum Gasteiger partial charge on any atom is -0.461 e. The van der Waals surface area contributed by atoms with Gasteiger partial charge in [0.15, 0.2) is 11.4 Å². The van der Waals surface area contributed by atoms with E-state index in [4.69, 9.17) is 10.2 Å². The van der Waals surface area contributed by atoms with E-state index in [1.807, 2.05) is 30.3 Å². The summed E-state index contributed by atoms with van der Waals surface area (Å²) in [6.45, 7) is 3.37. The van der Waals surface area contributed by atoms with E-state index in [1.165, 1.54) is 11.4 Å². The molecule has 9 nitrogen and oxygen atoms in total. The first-order chi connectivity index (χ1) is 14.1. The molecule has 3 aromatic heterocycles. The Morgan fingerprint density at radius 3 is 2.83 bits per heavy atom. The number of anilines is 1. The molecule has 148 valence electrons. The fourth-order valence-electron chi connectivity index (χ4n) is 3.03. The minimum absolute atomic E-state index is 0.0394. The summed E-state index contributed by atoms with van der Waals surface area (Å²) in [5.74, 6) is 1.23. The lowest BCUT2D eigenvalue weighted by molar-refractivity contribution is -0.118. The zero-order valence-corrected chi connectivity index (χ0v) is 15.9. The molecule has 0 aliphatic heterocycles. The number of hydrogen-bond donors (Lipinski definition) is 3. The molecule has 0 saturated heterocycles. The van der Waals surface area contributed by atoms with Gasteiger partial charge in [0.2, 0.25) is 17.7 Å². The highest BCUT2D eigenvalue weighted by Gasteiger charge is 2.14. The number of rotatable bonds is 7. The SMILES string of the molecule is CC(=O)NCCNCc1ccccc1-c1cc2nc(-c3ccco3)nn2c(N)n1. The number of carbonyl (C=O) groups excluding carboxylic acids is 1. The average Bonchev–Trinajstić information content (AvgIpc) is 3.37. The Bertz CT molecular complexity index is 1140. The highest BCUT2D eigenvalue weighted by atomic mass is 16.3. The van der Waals surface area contributed by atoms with Crippen LogP contribution in [0.1, 0.15) is 12.5 Å². The monoisotopic (exact) mass is 391 g/mol. The summed E-state index contributed by atoms with van der Waals surface area (Å²) in [6, 6.07) is 13.4. The second-order valence-corrected chi connectivity index (χ2v) is 6.50. The maximum Gasteiger partial charge on any atom is 0.223 e. The van der Waals surface area contributed by atoms with Crippen molar-refractivity contribution in [3.63, 3.8) is 0 Å². The fraction of sp³-hybridized carbons (Fsp3) is 0.200. The minimum atomic E-state index is -0.0394. The molecular formula is C20H21N7O2. The Kier molecular flexibility index (Phi) is 5.21. The summed E-state index contributed by atoms with van der Waals surface area (Å²) >= 11 is 0. The van der Waals surface area contributed by atoms with E-state index in [0.29, 0.717) is 42.6 Å². The van der Waals surface area contributed by atoms with Gasteiger partial charge in [0.05, 0.1) is 12.0 Å². The molecule has 4 rings (SSSR count). The Labute approximate surface area is 167 Å². The summed E-state index contributed by atoms with van der Waals surface area (Å²) in [5.41, 5.74) is 9.47. The van der Waals surface area contributed by atoms with E-state index in [-0.39, 0.29) is 11.9 Å². The lowest BCUT2D eigenvalue weighted by Gasteiger charge is -2.11. The van der Waals surface area contributed by atoms with E-state index < -0.39 is 0 Å². The van der Waals surface area contributed by atoms with Gasteiger partial charge in [-0.05, 0) is 17.7 Å². The normalized spacial score (nSPS) is 11.1. The van der Waals surface area contributed by atoms with E-state index in [0.717, 1.165) is 11.1 Å². The maximum atomic E-state index is 11.0. The number of hydrogen-bond acceptors (Lipinski definition) is 7. The van der Waals surface area contributed by atoms with Crippen LogP contribution >= 0.6 is 0 Å². The van der Waals surface area contributed by atoms with Crippen molar-refractivity contribution in [2.75, 3.05) is 18.8 Å². The van der Waals surface area contributed by atoms with Crippen LogP contribution < -0.4 is 16.4 Å². The van der Waals surface area contributed by atoms with Crippen LogP contribution in [0.25, 0.3) is 28.5 Å². The van der Waals surface area contributed by atoms with Crippen LogP contribution in [0.15, 0.2) is 53.1 Å². The summed E-state index contributed by atoms with van der Waals surface area (Å²) in [5, 5.41) is 10.5. The lowest BCUT2D eigenvalue weighted by Crippen LogP contribution is -2.30. The van der Waals surface area contributed by atoms with Crippen molar-refractivity contribution in [1.82, 2.24) is 30.2 Å². The third kappa shape index (κ3) is 4.09. The van der Waals surface area contributed by atoms with Crippen LogP contribution in [0, 0.1) is 0 Å². The predicted octanol–water partition coefficient (Wildman–Crippen LogP) is 1.86. The number of nitrogens with two attached hydrogens (primary N) is 1. The van der Waals surface area contributed by atoms with E-state index in [1.54, 1.807) is 18.4 Å². The first-order valence-electron chi connectivity index (χ1n) is 9.22. The number of nitrogen functional groups attached to an aromatic ring is 1. The predicted molar refractivity (Wildman–Crippen MR) is 109 cm³/mol. The van der Waals surface area contributed by atoms with Gasteiger partial charge in [0, 0.05) is 38.2 Å². The van der Waals surface area contributed by atoms with Gasteiger partial charge in [0.1, 0.15) is 0 Å². The average molecular weight is 391 g/mol. The molecule has 0 aliphatic rings. The van der Waals surface area contributed by atoms with Crippen LogP contribution in [-0.4, -0.2) is 38.6 Å².